The average molecular weight is 295 g/mol. The molecular formula is C15H25N3O3. The van der Waals surface area contributed by atoms with E-state index in [-0.39, 0.29) is 18.2 Å². The molecule has 6 heteroatoms. The fourth-order valence-electron chi connectivity index (χ4n) is 2.57. The molecule has 2 heterocycles. The van der Waals surface area contributed by atoms with Crippen molar-refractivity contribution in [1.82, 2.24) is 14.9 Å². The lowest BCUT2D eigenvalue weighted by atomic mass is 10.1. The maximum Gasteiger partial charge on any atom is 0.408 e. The molecule has 3 atom stereocenters. The van der Waals surface area contributed by atoms with Gasteiger partial charge in [0.25, 0.3) is 0 Å². The summed E-state index contributed by atoms with van der Waals surface area (Å²) in [6, 6.07) is 0.0977. The SMILES string of the molecule is CC1OCCC1n1cncc1[C@@H](C)NC(=O)OC(C)(C)C. The summed E-state index contributed by atoms with van der Waals surface area (Å²) in [6.45, 7) is 10.3. The number of imidazole rings is 1. The quantitative estimate of drug-likeness (QED) is 0.931. The largest absolute Gasteiger partial charge is 0.444 e. The van der Waals surface area contributed by atoms with Crippen molar-refractivity contribution in [3.05, 3.63) is 18.2 Å². The highest BCUT2D eigenvalue weighted by Crippen LogP contribution is 2.28. The molecule has 2 unspecified atom stereocenters. The van der Waals surface area contributed by atoms with Crippen LogP contribution in [0.4, 0.5) is 4.79 Å². The molecule has 0 aromatic carbocycles. The summed E-state index contributed by atoms with van der Waals surface area (Å²) in [5, 5.41) is 2.85. The number of nitrogens with one attached hydrogen (secondary N) is 1. The number of alkyl carbamates (subject to hydrolysis) is 1. The lowest BCUT2D eigenvalue weighted by Gasteiger charge is -2.24. The Labute approximate surface area is 125 Å². The zero-order valence-electron chi connectivity index (χ0n) is 13.4. The van der Waals surface area contributed by atoms with Crippen LogP contribution < -0.4 is 5.32 Å². The summed E-state index contributed by atoms with van der Waals surface area (Å²) < 4.78 is 13.0. The molecule has 1 aromatic heterocycles. The summed E-state index contributed by atoms with van der Waals surface area (Å²) in [7, 11) is 0. The van der Waals surface area contributed by atoms with Gasteiger partial charge in [-0.3, -0.25) is 0 Å². The molecule has 0 saturated carbocycles. The van der Waals surface area contributed by atoms with Gasteiger partial charge in [0.2, 0.25) is 0 Å². The van der Waals surface area contributed by atoms with Gasteiger partial charge in [-0.2, -0.15) is 0 Å². The molecule has 1 aliphatic heterocycles. The molecule has 2 rings (SSSR count). The number of amides is 1. The Kier molecular flexibility index (Phi) is 4.56. The smallest absolute Gasteiger partial charge is 0.408 e. The van der Waals surface area contributed by atoms with Crippen LogP contribution in [-0.2, 0) is 9.47 Å². The lowest BCUT2D eigenvalue weighted by Crippen LogP contribution is -2.35. The van der Waals surface area contributed by atoms with Crippen LogP contribution in [-0.4, -0.2) is 34.0 Å². The molecule has 118 valence electrons. The zero-order chi connectivity index (χ0) is 15.6. The molecule has 1 fully saturated rings. The molecule has 1 aliphatic rings. The van der Waals surface area contributed by atoms with Gasteiger partial charge >= 0.3 is 6.09 Å². The van der Waals surface area contributed by atoms with Gasteiger partial charge in [-0.05, 0) is 41.0 Å². The Balaban J connectivity index is 2.05. The van der Waals surface area contributed by atoms with Crippen molar-refractivity contribution in [3.63, 3.8) is 0 Å². The molecule has 21 heavy (non-hydrogen) atoms. The third-order valence-electron chi connectivity index (χ3n) is 3.57. The Bertz CT molecular complexity index is 493. The lowest BCUT2D eigenvalue weighted by molar-refractivity contribution is 0.0505. The first kappa shape index (κ1) is 15.8. The van der Waals surface area contributed by atoms with Crippen molar-refractivity contribution in [2.45, 2.75) is 64.8 Å². The second-order valence-corrected chi connectivity index (χ2v) is 6.53. The Hall–Kier alpha value is -1.56. The van der Waals surface area contributed by atoms with Crippen LogP contribution in [0.2, 0.25) is 0 Å². The normalized spacial score (nSPS) is 23.9. The summed E-state index contributed by atoms with van der Waals surface area (Å²) in [5.41, 5.74) is 0.459. The van der Waals surface area contributed by atoms with Crippen molar-refractivity contribution < 1.29 is 14.3 Å². The summed E-state index contributed by atoms with van der Waals surface area (Å²) in [6.07, 6.45) is 4.29. The minimum atomic E-state index is -0.502. The highest BCUT2D eigenvalue weighted by atomic mass is 16.6. The zero-order valence-corrected chi connectivity index (χ0v) is 13.4. The molecular weight excluding hydrogens is 270 g/mol. The highest BCUT2D eigenvalue weighted by molar-refractivity contribution is 5.68. The number of hydrogen-bond acceptors (Lipinski definition) is 4. The van der Waals surface area contributed by atoms with E-state index in [1.807, 2.05) is 27.7 Å². The highest BCUT2D eigenvalue weighted by Gasteiger charge is 2.29. The summed E-state index contributed by atoms with van der Waals surface area (Å²) in [4.78, 5) is 16.1. The predicted octanol–water partition coefficient (Wildman–Crippen LogP) is 2.82. The number of nitrogens with zero attached hydrogens (tertiary/aromatic N) is 2. The van der Waals surface area contributed by atoms with Gasteiger partial charge < -0.3 is 19.4 Å². The van der Waals surface area contributed by atoms with Crippen molar-refractivity contribution in [2.75, 3.05) is 6.61 Å². The Morgan fingerprint density at radius 3 is 2.86 bits per heavy atom. The van der Waals surface area contributed by atoms with Crippen LogP contribution in [0.15, 0.2) is 12.5 Å². The molecule has 1 aromatic rings. The first-order valence-corrected chi connectivity index (χ1v) is 7.41. The molecule has 0 bridgehead atoms. The van der Waals surface area contributed by atoms with E-state index in [4.69, 9.17) is 9.47 Å². The first-order chi connectivity index (χ1) is 9.78. The van der Waals surface area contributed by atoms with Gasteiger partial charge in [-0.1, -0.05) is 0 Å². The van der Waals surface area contributed by atoms with Crippen LogP contribution in [0, 0.1) is 0 Å². The second-order valence-electron chi connectivity index (χ2n) is 6.53. The standard InChI is InChI=1S/C15H25N3O3/c1-10(17-14(19)21-15(3,4)5)13-8-16-9-18(13)12-6-7-20-11(12)2/h8-12H,6-7H2,1-5H3,(H,17,19)/t10-,11?,12?/m1/s1. The topological polar surface area (TPSA) is 65.4 Å². The van der Waals surface area contributed by atoms with E-state index in [9.17, 15) is 4.79 Å². The first-order valence-electron chi connectivity index (χ1n) is 7.41. The number of rotatable bonds is 3. The van der Waals surface area contributed by atoms with E-state index in [1.165, 1.54) is 0 Å². The fourth-order valence-corrected chi connectivity index (χ4v) is 2.57. The van der Waals surface area contributed by atoms with E-state index in [2.05, 4.69) is 21.8 Å². The van der Waals surface area contributed by atoms with E-state index in [1.54, 1.807) is 12.5 Å². The van der Waals surface area contributed by atoms with Gasteiger partial charge in [0, 0.05) is 6.61 Å². The molecule has 1 N–H and O–H groups in total. The number of carbonyl (C=O) groups excluding carboxylic acids is 1. The molecule has 0 spiro atoms. The van der Waals surface area contributed by atoms with Crippen LogP contribution in [0.1, 0.15) is 58.8 Å². The number of aromatic nitrogens is 2. The predicted molar refractivity (Wildman–Crippen MR) is 79.1 cm³/mol. The minimum absolute atomic E-state index is 0.159. The van der Waals surface area contributed by atoms with E-state index in [0.717, 1.165) is 18.7 Å². The van der Waals surface area contributed by atoms with Crippen LogP contribution >= 0.6 is 0 Å². The molecule has 1 saturated heterocycles. The second kappa shape index (κ2) is 6.05. The van der Waals surface area contributed by atoms with E-state index < -0.39 is 11.7 Å². The molecule has 6 nitrogen and oxygen atoms in total. The van der Waals surface area contributed by atoms with E-state index in [0.29, 0.717) is 0 Å². The van der Waals surface area contributed by atoms with Crippen LogP contribution in [0.25, 0.3) is 0 Å². The molecule has 0 radical (unpaired) electrons. The number of ether oxygens (including phenoxy) is 2. The van der Waals surface area contributed by atoms with E-state index >= 15 is 0 Å². The minimum Gasteiger partial charge on any atom is -0.444 e. The van der Waals surface area contributed by atoms with Crippen LogP contribution in [0.5, 0.6) is 0 Å². The summed E-state index contributed by atoms with van der Waals surface area (Å²) >= 11 is 0. The van der Waals surface area contributed by atoms with Crippen molar-refractivity contribution in [3.8, 4) is 0 Å². The third-order valence-corrected chi connectivity index (χ3v) is 3.57. The molecule has 1 amide bonds. The van der Waals surface area contributed by atoms with Gasteiger partial charge in [0.05, 0.1) is 36.4 Å². The average Bonchev–Trinajstić information content (AvgIpc) is 2.93. The fraction of sp³-hybridized carbons (Fsp3) is 0.733. The van der Waals surface area contributed by atoms with Gasteiger partial charge in [-0.15, -0.1) is 0 Å². The van der Waals surface area contributed by atoms with Crippen molar-refractivity contribution in [2.24, 2.45) is 0 Å². The van der Waals surface area contributed by atoms with Crippen LogP contribution in [0.3, 0.4) is 0 Å². The van der Waals surface area contributed by atoms with Crippen molar-refractivity contribution >= 4 is 6.09 Å². The van der Waals surface area contributed by atoms with Crippen molar-refractivity contribution in [1.29, 1.82) is 0 Å². The Morgan fingerprint density at radius 2 is 2.29 bits per heavy atom. The van der Waals surface area contributed by atoms with Gasteiger partial charge in [0.1, 0.15) is 5.60 Å². The number of carbonyl (C=O) groups is 1. The monoisotopic (exact) mass is 295 g/mol. The maximum absolute atomic E-state index is 11.9. The summed E-state index contributed by atoms with van der Waals surface area (Å²) in [5.74, 6) is 0. The maximum atomic E-state index is 11.9. The molecule has 0 aliphatic carbocycles. The third kappa shape index (κ3) is 3.97. The Morgan fingerprint density at radius 1 is 1.57 bits per heavy atom. The van der Waals surface area contributed by atoms with Gasteiger partial charge in [-0.25, -0.2) is 9.78 Å². The van der Waals surface area contributed by atoms with Gasteiger partial charge in [0.15, 0.2) is 0 Å². The number of hydrogen-bond donors (Lipinski definition) is 1.